The van der Waals surface area contributed by atoms with Crippen molar-refractivity contribution in [1.29, 1.82) is 0 Å². The summed E-state index contributed by atoms with van der Waals surface area (Å²) in [5.41, 5.74) is 9.16. The molecule has 0 bridgehead atoms. The second-order valence-electron chi connectivity index (χ2n) is 7.00. The zero-order valence-corrected chi connectivity index (χ0v) is 16.8. The topological polar surface area (TPSA) is 7.76 Å². The van der Waals surface area contributed by atoms with Crippen LogP contribution in [0.5, 0.6) is 0 Å². The predicted molar refractivity (Wildman–Crippen MR) is 109 cm³/mol. The summed E-state index contributed by atoms with van der Waals surface area (Å²) in [6.07, 6.45) is 2.16. The molecule has 0 aliphatic heterocycles. The van der Waals surface area contributed by atoms with Gasteiger partial charge in [0.15, 0.2) is 11.9 Å². The maximum Gasteiger partial charge on any atom is 0.270 e. The molecule has 0 spiro atoms. The van der Waals surface area contributed by atoms with Crippen LogP contribution in [0.3, 0.4) is 0 Å². The molecule has 4 rings (SSSR count). The Morgan fingerprint density at radius 1 is 0.846 bits per heavy atom. The third-order valence-corrected chi connectivity index (χ3v) is 6.42. The van der Waals surface area contributed by atoms with Crippen LogP contribution in [0.2, 0.25) is 0 Å². The molecule has 0 atom stereocenters. The van der Waals surface area contributed by atoms with Crippen molar-refractivity contribution in [2.45, 2.75) is 27.7 Å². The monoisotopic (exact) mass is 360 g/mol. The molecule has 0 unspecified atom stereocenters. The fourth-order valence-corrected chi connectivity index (χ4v) is 5.29. The number of thiazole rings is 1. The molecule has 3 heteroatoms. The van der Waals surface area contributed by atoms with Gasteiger partial charge < -0.3 is 0 Å². The van der Waals surface area contributed by atoms with E-state index in [2.05, 4.69) is 98.6 Å². The van der Waals surface area contributed by atoms with Crippen molar-refractivity contribution in [2.24, 2.45) is 7.05 Å². The van der Waals surface area contributed by atoms with Gasteiger partial charge in [0.1, 0.15) is 11.7 Å². The first-order valence-electron chi connectivity index (χ1n) is 8.95. The van der Waals surface area contributed by atoms with Gasteiger partial charge in [-0.25, -0.2) is 0 Å². The second-order valence-corrected chi connectivity index (χ2v) is 8.04. The van der Waals surface area contributed by atoms with Crippen molar-refractivity contribution >= 4 is 21.6 Å². The number of nitrogens with zero attached hydrogens (tertiary/aromatic N) is 2. The molecular weight excluding hydrogens is 336 g/mol. The number of para-hydroxylation sites is 1. The Kier molecular flexibility index (Phi) is 4.12. The van der Waals surface area contributed by atoms with E-state index in [1.165, 1.54) is 48.9 Å². The summed E-state index contributed by atoms with van der Waals surface area (Å²) in [7, 11) is 2.17. The van der Waals surface area contributed by atoms with Crippen LogP contribution >= 0.6 is 11.3 Å². The molecule has 0 N–H and O–H groups in total. The van der Waals surface area contributed by atoms with Crippen LogP contribution in [-0.4, -0.2) is 0 Å². The van der Waals surface area contributed by atoms with E-state index >= 15 is 0 Å². The summed E-state index contributed by atoms with van der Waals surface area (Å²) >= 11 is 1.87. The van der Waals surface area contributed by atoms with E-state index < -0.39 is 0 Å². The number of aryl methyl sites for hydroxylation is 4. The van der Waals surface area contributed by atoms with Crippen LogP contribution in [0.1, 0.15) is 22.4 Å². The number of aromatic nitrogens is 2. The molecule has 2 aromatic heterocycles. The molecule has 130 valence electrons. The van der Waals surface area contributed by atoms with E-state index in [1.54, 1.807) is 0 Å². The second kappa shape index (κ2) is 6.33. The van der Waals surface area contributed by atoms with Crippen molar-refractivity contribution in [3.63, 3.8) is 0 Å². The van der Waals surface area contributed by atoms with Crippen LogP contribution in [0.15, 0.2) is 54.7 Å². The Morgan fingerprint density at radius 2 is 1.58 bits per heavy atom. The van der Waals surface area contributed by atoms with Crippen molar-refractivity contribution in [3.8, 4) is 16.3 Å². The van der Waals surface area contributed by atoms with Gasteiger partial charge >= 0.3 is 0 Å². The van der Waals surface area contributed by atoms with Crippen molar-refractivity contribution in [2.75, 3.05) is 0 Å². The van der Waals surface area contributed by atoms with E-state index in [-0.39, 0.29) is 0 Å². The molecule has 0 amide bonds. The quantitative estimate of drug-likeness (QED) is 0.449. The van der Waals surface area contributed by atoms with Gasteiger partial charge in [-0.1, -0.05) is 29.5 Å². The lowest BCUT2D eigenvalue weighted by molar-refractivity contribution is -0.629. The molecule has 2 aromatic carbocycles. The summed E-state index contributed by atoms with van der Waals surface area (Å²) < 4.78 is 5.97. The molecule has 2 nitrogen and oxygen atoms in total. The van der Waals surface area contributed by atoms with Crippen LogP contribution in [0.25, 0.3) is 26.5 Å². The first kappa shape index (κ1) is 16.9. The lowest BCUT2D eigenvalue weighted by Gasteiger charge is -2.12. The van der Waals surface area contributed by atoms with Gasteiger partial charge in [0.05, 0.1) is 5.56 Å². The van der Waals surface area contributed by atoms with E-state index in [0.717, 1.165) is 0 Å². The van der Waals surface area contributed by atoms with E-state index in [9.17, 15) is 0 Å². The lowest BCUT2D eigenvalue weighted by Crippen LogP contribution is -2.36. The zero-order chi connectivity index (χ0) is 18.4. The highest BCUT2D eigenvalue weighted by Gasteiger charge is 2.27. The van der Waals surface area contributed by atoms with Gasteiger partial charge in [0, 0.05) is 36.2 Å². The first-order chi connectivity index (χ1) is 12.5. The molecule has 0 aliphatic carbocycles. The number of hydrogen-bond acceptors (Lipinski definition) is 1. The highest BCUT2D eigenvalue weighted by Crippen LogP contribution is 2.35. The minimum atomic E-state index is 1.24. The van der Waals surface area contributed by atoms with E-state index in [4.69, 9.17) is 0 Å². The standard InChI is InChI=1S/C23H24N2S/c1-15-14-16(2)22(25-13-9-8-10-17(25)3)18(4)21(15)23-24(5)19-11-6-7-12-20(19)26-23/h6-14H,1-5H3/q+2. The van der Waals surface area contributed by atoms with Crippen LogP contribution in [0.4, 0.5) is 0 Å². The first-order valence-corrected chi connectivity index (χ1v) is 9.77. The highest BCUT2D eigenvalue weighted by atomic mass is 32.1. The highest BCUT2D eigenvalue weighted by molar-refractivity contribution is 7.21. The van der Waals surface area contributed by atoms with Gasteiger partial charge in [-0.2, -0.15) is 9.13 Å². The smallest absolute Gasteiger partial charge is 0.184 e. The maximum absolute atomic E-state index is 2.33. The van der Waals surface area contributed by atoms with Gasteiger partial charge in [-0.05, 0) is 38.5 Å². The Balaban J connectivity index is 2.05. The maximum atomic E-state index is 2.33. The molecule has 0 radical (unpaired) electrons. The number of rotatable bonds is 2. The molecule has 4 aromatic rings. The number of pyridine rings is 1. The Labute approximate surface area is 159 Å². The summed E-state index contributed by atoms with van der Waals surface area (Å²) in [4.78, 5) is 0. The molecular formula is C23H24N2S+2. The SMILES string of the molecule is Cc1cc(C)c(-[n+]2ccccc2C)c(C)c1-c1sc2ccccc2[n+]1C. The van der Waals surface area contributed by atoms with Gasteiger partial charge in [0.2, 0.25) is 11.2 Å². The van der Waals surface area contributed by atoms with Gasteiger partial charge in [-0.3, -0.25) is 0 Å². The summed E-state index contributed by atoms with van der Waals surface area (Å²) in [6, 6.07) is 17.3. The third-order valence-electron chi connectivity index (χ3n) is 5.19. The number of hydrogen-bond donors (Lipinski definition) is 0. The third kappa shape index (κ3) is 2.55. The van der Waals surface area contributed by atoms with Crippen molar-refractivity contribution < 1.29 is 9.13 Å². The fourth-order valence-electron chi connectivity index (χ4n) is 3.98. The molecule has 2 heterocycles. The largest absolute Gasteiger partial charge is 0.270 e. The fraction of sp³-hybridized carbons (Fsp3) is 0.217. The number of fused-ring (bicyclic) bond motifs is 1. The lowest BCUT2D eigenvalue weighted by atomic mass is 9.97. The van der Waals surface area contributed by atoms with Crippen molar-refractivity contribution in [1.82, 2.24) is 0 Å². The summed E-state index contributed by atoms with van der Waals surface area (Å²) in [6.45, 7) is 8.86. The van der Waals surface area contributed by atoms with Crippen LogP contribution in [0, 0.1) is 27.7 Å². The van der Waals surface area contributed by atoms with E-state index in [0.29, 0.717) is 0 Å². The Hall–Kier alpha value is -2.52. The molecule has 0 aliphatic rings. The molecule has 0 fully saturated rings. The normalized spacial score (nSPS) is 11.3. The molecule has 0 saturated carbocycles. The Bertz CT molecular complexity index is 1140. The van der Waals surface area contributed by atoms with Crippen LogP contribution in [-0.2, 0) is 7.05 Å². The van der Waals surface area contributed by atoms with Crippen LogP contribution < -0.4 is 9.13 Å². The predicted octanol–water partition coefficient (Wildman–Crippen LogP) is 4.90. The minimum absolute atomic E-state index is 1.24. The molecule has 26 heavy (non-hydrogen) atoms. The average Bonchev–Trinajstić information content (AvgIpc) is 2.93. The van der Waals surface area contributed by atoms with E-state index in [1.807, 2.05) is 11.3 Å². The average molecular weight is 361 g/mol. The number of benzene rings is 2. The minimum Gasteiger partial charge on any atom is -0.184 e. The van der Waals surface area contributed by atoms with Gasteiger partial charge in [0.25, 0.3) is 5.01 Å². The summed E-state index contributed by atoms with van der Waals surface area (Å²) in [5, 5.41) is 1.32. The van der Waals surface area contributed by atoms with Crippen molar-refractivity contribution in [3.05, 3.63) is 77.1 Å². The zero-order valence-electron chi connectivity index (χ0n) is 16.0. The van der Waals surface area contributed by atoms with Gasteiger partial charge in [-0.15, -0.1) is 0 Å². The summed E-state index contributed by atoms with van der Waals surface area (Å²) in [5.74, 6) is 0. The Morgan fingerprint density at radius 3 is 2.31 bits per heavy atom. The molecule has 0 saturated heterocycles.